The van der Waals surface area contributed by atoms with Crippen molar-refractivity contribution in [2.75, 3.05) is 5.32 Å². The SMILES string of the molecule is CC(C)(C(=O)Nc1cccc2nsnc12)S(=O)(=O)c1ccc(Cl)cc1. The summed E-state index contributed by atoms with van der Waals surface area (Å²) in [5.41, 5.74) is 1.59. The van der Waals surface area contributed by atoms with Gasteiger partial charge in [0.15, 0.2) is 9.84 Å². The van der Waals surface area contributed by atoms with Crippen LogP contribution in [-0.4, -0.2) is 27.8 Å². The van der Waals surface area contributed by atoms with Gasteiger partial charge >= 0.3 is 0 Å². The van der Waals surface area contributed by atoms with E-state index in [1.807, 2.05) is 0 Å². The highest BCUT2D eigenvalue weighted by Gasteiger charge is 2.43. The standard InChI is InChI=1S/C16H14ClN3O3S2/c1-16(2,25(22,23)11-8-6-10(17)7-9-11)15(21)18-12-4-3-5-13-14(12)20-24-19-13/h3-9H,1-2H3,(H,18,21). The lowest BCUT2D eigenvalue weighted by Gasteiger charge is -2.24. The largest absolute Gasteiger partial charge is 0.323 e. The molecule has 1 heterocycles. The maximum Gasteiger partial charge on any atom is 0.245 e. The average Bonchev–Trinajstić information content (AvgIpc) is 3.04. The van der Waals surface area contributed by atoms with Crippen molar-refractivity contribution in [3.63, 3.8) is 0 Å². The summed E-state index contributed by atoms with van der Waals surface area (Å²) in [6.07, 6.45) is 0. The number of aromatic nitrogens is 2. The first-order valence-corrected chi connectivity index (χ1v) is 9.85. The monoisotopic (exact) mass is 395 g/mol. The number of halogens is 1. The van der Waals surface area contributed by atoms with Gasteiger partial charge in [-0.25, -0.2) is 8.42 Å². The van der Waals surface area contributed by atoms with Gasteiger partial charge < -0.3 is 5.32 Å². The first-order valence-electron chi connectivity index (χ1n) is 7.26. The van der Waals surface area contributed by atoms with Crippen molar-refractivity contribution >= 4 is 55.8 Å². The van der Waals surface area contributed by atoms with Crippen LogP contribution in [0.3, 0.4) is 0 Å². The molecule has 0 bridgehead atoms. The summed E-state index contributed by atoms with van der Waals surface area (Å²) in [5, 5.41) is 3.08. The second kappa shape index (κ2) is 6.36. The smallest absolute Gasteiger partial charge is 0.245 e. The summed E-state index contributed by atoms with van der Waals surface area (Å²) in [4.78, 5) is 12.8. The fourth-order valence-corrected chi connectivity index (χ4v) is 4.26. The van der Waals surface area contributed by atoms with Gasteiger partial charge in [0.1, 0.15) is 15.8 Å². The van der Waals surface area contributed by atoms with E-state index < -0.39 is 20.5 Å². The average molecular weight is 396 g/mol. The fraction of sp³-hybridized carbons (Fsp3) is 0.188. The Balaban J connectivity index is 1.94. The molecule has 130 valence electrons. The molecule has 3 rings (SSSR count). The third-order valence-electron chi connectivity index (χ3n) is 3.88. The topological polar surface area (TPSA) is 89.0 Å². The molecule has 0 unspecified atom stereocenters. The van der Waals surface area contributed by atoms with Gasteiger partial charge in [-0.05, 0) is 50.2 Å². The molecule has 0 aliphatic rings. The van der Waals surface area contributed by atoms with Gasteiger partial charge in [0, 0.05) is 5.02 Å². The Morgan fingerprint density at radius 1 is 1.12 bits per heavy atom. The number of benzene rings is 2. The lowest BCUT2D eigenvalue weighted by molar-refractivity contribution is -0.117. The number of anilines is 1. The Morgan fingerprint density at radius 2 is 1.80 bits per heavy atom. The Kier molecular flexibility index (Phi) is 4.52. The van der Waals surface area contributed by atoms with Gasteiger partial charge in [0.25, 0.3) is 0 Å². The maximum atomic E-state index is 12.9. The van der Waals surface area contributed by atoms with Crippen LogP contribution in [0.1, 0.15) is 13.8 Å². The highest BCUT2D eigenvalue weighted by Crippen LogP contribution is 2.29. The summed E-state index contributed by atoms with van der Waals surface area (Å²) in [6, 6.07) is 10.9. The fourth-order valence-electron chi connectivity index (χ4n) is 2.21. The number of carbonyl (C=O) groups excluding carboxylic acids is 1. The summed E-state index contributed by atoms with van der Waals surface area (Å²) >= 11 is 6.83. The van der Waals surface area contributed by atoms with Gasteiger partial charge in [-0.15, -0.1) is 0 Å². The predicted octanol–water partition coefficient (Wildman–Crippen LogP) is 3.54. The second-order valence-corrected chi connectivity index (χ2v) is 9.32. The molecule has 0 atom stereocenters. The van der Waals surface area contributed by atoms with Gasteiger partial charge in [-0.2, -0.15) is 8.75 Å². The molecule has 9 heteroatoms. The van der Waals surface area contributed by atoms with Crippen molar-refractivity contribution in [1.82, 2.24) is 8.75 Å². The molecular formula is C16H14ClN3O3S2. The van der Waals surface area contributed by atoms with Crippen molar-refractivity contribution in [3.8, 4) is 0 Å². The number of rotatable bonds is 4. The van der Waals surface area contributed by atoms with E-state index >= 15 is 0 Å². The van der Waals surface area contributed by atoms with Crippen LogP contribution < -0.4 is 5.32 Å². The van der Waals surface area contributed by atoms with Gasteiger partial charge in [0.05, 0.1) is 22.3 Å². The van der Waals surface area contributed by atoms with Crippen molar-refractivity contribution in [1.29, 1.82) is 0 Å². The Bertz CT molecular complexity index is 1040. The van der Waals surface area contributed by atoms with Crippen LogP contribution >= 0.6 is 23.3 Å². The van der Waals surface area contributed by atoms with Crippen molar-refractivity contribution < 1.29 is 13.2 Å². The molecular weight excluding hydrogens is 382 g/mol. The van der Waals surface area contributed by atoms with Crippen LogP contribution in [-0.2, 0) is 14.6 Å². The van der Waals surface area contributed by atoms with Crippen molar-refractivity contribution in [2.45, 2.75) is 23.5 Å². The van der Waals surface area contributed by atoms with Crippen LogP contribution in [0.25, 0.3) is 11.0 Å². The number of carbonyl (C=O) groups is 1. The second-order valence-electron chi connectivity index (χ2n) is 5.86. The first kappa shape index (κ1) is 17.8. The molecule has 0 fully saturated rings. The van der Waals surface area contributed by atoms with E-state index in [9.17, 15) is 13.2 Å². The summed E-state index contributed by atoms with van der Waals surface area (Å²) in [7, 11) is -3.92. The molecule has 0 saturated carbocycles. The van der Waals surface area contributed by atoms with E-state index in [0.29, 0.717) is 21.7 Å². The zero-order valence-electron chi connectivity index (χ0n) is 13.4. The minimum Gasteiger partial charge on any atom is -0.323 e. The zero-order chi connectivity index (χ0) is 18.2. The minimum absolute atomic E-state index is 0.0329. The van der Waals surface area contributed by atoms with E-state index in [2.05, 4.69) is 14.1 Å². The van der Waals surface area contributed by atoms with Gasteiger partial charge in [-0.3, -0.25) is 4.79 Å². The molecule has 0 radical (unpaired) electrons. The molecule has 1 aromatic heterocycles. The Morgan fingerprint density at radius 3 is 2.48 bits per heavy atom. The van der Waals surface area contributed by atoms with Crippen LogP contribution in [0.5, 0.6) is 0 Å². The minimum atomic E-state index is -3.92. The molecule has 25 heavy (non-hydrogen) atoms. The van der Waals surface area contributed by atoms with Crippen LogP contribution in [0.4, 0.5) is 5.69 Å². The predicted molar refractivity (Wildman–Crippen MR) is 98.8 cm³/mol. The molecule has 2 aromatic carbocycles. The number of amides is 1. The molecule has 0 aliphatic heterocycles. The number of hydrogen-bond acceptors (Lipinski definition) is 6. The van der Waals surface area contributed by atoms with Crippen LogP contribution in [0, 0.1) is 0 Å². The Labute approximate surface area is 154 Å². The molecule has 0 spiro atoms. The molecule has 0 aliphatic carbocycles. The number of nitrogens with zero attached hydrogens (tertiary/aromatic N) is 2. The summed E-state index contributed by atoms with van der Waals surface area (Å²) in [5.74, 6) is -0.650. The number of nitrogens with one attached hydrogen (secondary N) is 1. The maximum absolute atomic E-state index is 12.9. The van der Waals surface area contributed by atoms with E-state index in [1.165, 1.54) is 38.1 Å². The zero-order valence-corrected chi connectivity index (χ0v) is 15.7. The lowest BCUT2D eigenvalue weighted by atomic mass is 10.2. The third kappa shape index (κ3) is 3.12. The van der Waals surface area contributed by atoms with Gasteiger partial charge in [-0.1, -0.05) is 17.7 Å². The lowest BCUT2D eigenvalue weighted by Crippen LogP contribution is -2.44. The number of hydrogen-bond donors (Lipinski definition) is 1. The Hall–Kier alpha value is -2.03. The molecule has 1 amide bonds. The summed E-state index contributed by atoms with van der Waals surface area (Å²) < 4.78 is 32.3. The van der Waals surface area contributed by atoms with Crippen molar-refractivity contribution in [3.05, 3.63) is 47.5 Å². The van der Waals surface area contributed by atoms with E-state index in [1.54, 1.807) is 18.2 Å². The van der Waals surface area contributed by atoms with Crippen LogP contribution in [0.15, 0.2) is 47.4 Å². The number of sulfone groups is 1. The van der Waals surface area contributed by atoms with E-state index in [4.69, 9.17) is 11.6 Å². The molecule has 3 aromatic rings. The molecule has 1 N–H and O–H groups in total. The van der Waals surface area contributed by atoms with E-state index in [0.717, 1.165) is 11.7 Å². The molecule has 6 nitrogen and oxygen atoms in total. The first-order chi connectivity index (χ1) is 11.7. The van der Waals surface area contributed by atoms with E-state index in [-0.39, 0.29) is 4.90 Å². The van der Waals surface area contributed by atoms with Crippen LogP contribution in [0.2, 0.25) is 5.02 Å². The van der Waals surface area contributed by atoms with Crippen molar-refractivity contribution in [2.24, 2.45) is 0 Å². The van der Waals surface area contributed by atoms with Gasteiger partial charge in [0.2, 0.25) is 5.91 Å². The third-order valence-corrected chi connectivity index (χ3v) is 7.09. The molecule has 0 saturated heterocycles. The summed E-state index contributed by atoms with van der Waals surface area (Å²) in [6.45, 7) is 2.73. The normalized spacial score (nSPS) is 12.3. The number of fused-ring (bicyclic) bond motifs is 1. The quantitative estimate of drug-likeness (QED) is 0.729. The highest BCUT2D eigenvalue weighted by molar-refractivity contribution is 7.93. The highest BCUT2D eigenvalue weighted by atomic mass is 35.5.